The third kappa shape index (κ3) is 3.98. The molecular formula is C21H30N2O6. The minimum absolute atomic E-state index is 0.118. The summed E-state index contributed by atoms with van der Waals surface area (Å²) in [5.41, 5.74) is -0.293. The summed E-state index contributed by atoms with van der Waals surface area (Å²) >= 11 is 0. The first-order valence-corrected chi connectivity index (χ1v) is 10.8. The molecule has 4 bridgehead atoms. The molecule has 0 spiro atoms. The lowest BCUT2D eigenvalue weighted by Crippen LogP contribution is -2.56. The number of amides is 3. The van der Waals surface area contributed by atoms with Gasteiger partial charge in [-0.25, -0.2) is 9.59 Å². The first-order chi connectivity index (χ1) is 13.9. The third-order valence-electron chi connectivity index (χ3n) is 7.14. The van der Waals surface area contributed by atoms with Gasteiger partial charge in [0, 0.05) is 6.54 Å². The van der Waals surface area contributed by atoms with Crippen LogP contribution < -0.4 is 5.32 Å². The Kier molecular flexibility index (Phi) is 5.53. The monoisotopic (exact) mass is 406 g/mol. The number of hydrogen-bond acceptors (Lipinski definition) is 6. The number of hydrogen-bond donors (Lipinski definition) is 1. The molecule has 5 aliphatic rings. The van der Waals surface area contributed by atoms with Crippen molar-refractivity contribution in [2.75, 3.05) is 19.8 Å². The average Bonchev–Trinajstić information content (AvgIpc) is 3.14. The molecule has 0 unspecified atom stereocenters. The maximum Gasteiger partial charge on any atom is 0.413 e. The van der Waals surface area contributed by atoms with E-state index >= 15 is 0 Å². The minimum Gasteiger partial charge on any atom is -0.454 e. The Morgan fingerprint density at radius 2 is 1.62 bits per heavy atom. The molecule has 5 fully saturated rings. The van der Waals surface area contributed by atoms with Gasteiger partial charge in [-0.3, -0.25) is 14.9 Å². The van der Waals surface area contributed by atoms with Crippen LogP contribution in [-0.2, 0) is 23.9 Å². The van der Waals surface area contributed by atoms with E-state index in [1.165, 1.54) is 19.3 Å². The molecule has 1 atom stereocenters. The maximum atomic E-state index is 13.5. The van der Waals surface area contributed by atoms with Gasteiger partial charge in [-0.15, -0.1) is 0 Å². The van der Waals surface area contributed by atoms with Gasteiger partial charge in [0.05, 0.1) is 12.0 Å². The van der Waals surface area contributed by atoms with Gasteiger partial charge in [0.15, 0.2) is 6.61 Å². The van der Waals surface area contributed by atoms with Crippen LogP contribution in [-0.4, -0.2) is 54.6 Å². The van der Waals surface area contributed by atoms with Crippen LogP contribution in [0.4, 0.5) is 4.79 Å². The van der Waals surface area contributed by atoms with Crippen molar-refractivity contribution in [2.45, 2.75) is 64.3 Å². The molecule has 0 aromatic heterocycles. The number of likely N-dealkylation sites (tertiary alicyclic amines) is 1. The highest BCUT2D eigenvalue weighted by atomic mass is 16.6. The molecule has 0 radical (unpaired) electrons. The van der Waals surface area contributed by atoms with Crippen LogP contribution in [0.3, 0.4) is 0 Å². The van der Waals surface area contributed by atoms with Gasteiger partial charge in [0.25, 0.3) is 5.91 Å². The van der Waals surface area contributed by atoms with Crippen LogP contribution in [0.1, 0.15) is 58.3 Å². The van der Waals surface area contributed by atoms with Gasteiger partial charge in [-0.05, 0) is 76.0 Å². The summed E-state index contributed by atoms with van der Waals surface area (Å²) < 4.78 is 9.73. The van der Waals surface area contributed by atoms with Crippen molar-refractivity contribution in [3.63, 3.8) is 0 Å². The zero-order valence-electron chi connectivity index (χ0n) is 17.0. The fraction of sp³-hybridized carbons (Fsp3) is 0.810. The smallest absolute Gasteiger partial charge is 0.413 e. The zero-order valence-corrected chi connectivity index (χ0v) is 17.0. The molecule has 160 valence electrons. The van der Waals surface area contributed by atoms with E-state index in [0.717, 1.165) is 25.7 Å². The number of ether oxygens (including phenoxy) is 2. The quantitative estimate of drug-likeness (QED) is 0.701. The zero-order chi connectivity index (χ0) is 20.6. The Morgan fingerprint density at radius 1 is 1.00 bits per heavy atom. The van der Waals surface area contributed by atoms with Gasteiger partial charge in [0.1, 0.15) is 6.04 Å². The van der Waals surface area contributed by atoms with E-state index in [1.54, 1.807) is 11.8 Å². The largest absolute Gasteiger partial charge is 0.454 e. The van der Waals surface area contributed by atoms with E-state index < -0.39 is 30.6 Å². The third-order valence-corrected chi connectivity index (χ3v) is 7.14. The lowest BCUT2D eigenvalue weighted by Gasteiger charge is -2.56. The van der Waals surface area contributed by atoms with Gasteiger partial charge in [-0.1, -0.05) is 0 Å². The second kappa shape index (κ2) is 7.95. The van der Waals surface area contributed by atoms with Crippen LogP contribution in [0.15, 0.2) is 0 Å². The van der Waals surface area contributed by atoms with Crippen LogP contribution in [0.2, 0.25) is 0 Å². The van der Waals surface area contributed by atoms with Crippen molar-refractivity contribution in [1.82, 2.24) is 10.2 Å². The highest BCUT2D eigenvalue weighted by Gasteiger charge is 2.57. The van der Waals surface area contributed by atoms with Crippen molar-refractivity contribution in [1.29, 1.82) is 0 Å². The SMILES string of the molecule is CCOC(=O)NC(=O)COC(=O)[C@H]1CCCN1C(=O)C12CC3CC(CC(C3)C1)C2. The fourth-order valence-electron chi connectivity index (χ4n) is 6.48. The van der Waals surface area contributed by atoms with Crippen molar-refractivity contribution < 1.29 is 28.7 Å². The van der Waals surface area contributed by atoms with Crippen LogP contribution >= 0.6 is 0 Å². The van der Waals surface area contributed by atoms with Crippen molar-refractivity contribution >= 4 is 23.9 Å². The summed E-state index contributed by atoms with van der Waals surface area (Å²) in [5.74, 6) is 0.778. The Morgan fingerprint density at radius 3 is 2.21 bits per heavy atom. The molecular weight excluding hydrogens is 376 g/mol. The highest BCUT2D eigenvalue weighted by Crippen LogP contribution is 2.60. The normalized spacial score (nSPS) is 34.7. The number of nitrogens with one attached hydrogen (secondary N) is 1. The lowest BCUT2D eigenvalue weighted by atomic mass is 9.49. The van der Waals surface area contributed by atoms with E-state index in [9.17, 15) is 19.2 Å². The first kappa shape index (κ1) is 20.2. The number of alkyl carbamates (subject to hydrolysis) is 1. The molecule has 1 aliphatic heterocycles. The standard InChI is InChI=1S/C21H30N2O6/c1-2-28-20(27)22-17(24)12-29-18(25)16-4-3-5-23(16)19(26)21-9-13-6-14(10-21)8-15(7-13)11-21/h13-16H,2-12H2,1H3,(H,22,24,27)/t13?,14?,15?,16-,21?/m1/s1. The number of rotatable bonds is 5. The number of carbonyl (C=O) groups is 4. The molecule has 8 nitrogen and oxygen atoms in total. The van der Waals surface area contributed by atoms with Crippen LogP contribution in [0, 0.1) is 23.2 Å². The molecule has 1 saturated heterocycles. The molecule has 4 saturated carbocycles. The first-order valence-electron chi connectivity index (χ1n) is 10.8. The molecule has 5 rings (SSSR count). The van der Waals surface area contributed by atoms with E-state index in [4.69, 9.17) is 4.74 Å². The number of nitrogens with zero attached hydrogens (tertiary/aromatic N) is 1. The number of imide groups is 1. The second-order valence-corrected chi connectivity index (χ2v) is 9.23. The summed E-state index contributed by atoms with van der Waals surface area (Å²) in [6.45, 7) is 1.77. The second-order valence-electron chi connectivity index (χ2n) is 9.23. The Hall–Kier alpha value is -2.12. The maximum absolute atomic E-state index is 13.5. The van der Waals surface area contributed by atoms with Gasteiger partial charge < -0.3 is 14.4 Å². The van der Waals surface area contributed by atoms with Crippen LogP contribution in [0.25, 0.3) is 0 Å². The number of carbonyl (C=O) groups excluding carboxylic acids is 4. The predicted octanol–water partition coefficient (Wildman–Crippen LogP) is 2.01. The van der Waals surface area contributed by atoms with Gasteiger partial charge in [0.2, 0.25) is 5.91 Å². The van der Waals surface area contributed by atoms with Gasteiger partial charge in [-0.2, -0.15) is 0 Å². The Balaban J connectivity index is 1.35. The summed E-state index contributed by atoms with van der Waals surface area (Å²) in [7, 11) is 0. The lowest BCUT2D eigenvalue weighted by molar-refractivity contribution is -0.166. The van der Waals surface area contributed by atoms with E-state index in [1.807, 2.05) is 5.32 Å². The minimum atomic E-state index is -0.868. The van der Waals surface area contributed by atoms with Crippen LogP contribution in [0.5, 0.6) is 0 Å². The summed E-state index contributed by atoms with van der Waals surface area (Å²) in [5, 5.41) is 1.99. The van der Waals surface area contributed by atoms with E-state index in [2.05, 4.69) is 4.74 Å². The Labute approximate surface area is 170 Å². The predicted molar refractivity (Wildman–Crippen MR) is 101 cm³/mol. The molecule has 4 aliphatic carbocycles. The molecule has 0 aromatic rings. The van der Waals surface area contributed by atoms with Gasteiger partial charge >= 0.3 is 12.1 Å². The molecule has 29 heavy (non-hydrogen) atoms. The number of esters is 1. The summed E-state index contributed by atoms with van der Waals surface area (Å²) in [4.78, 5) is 50.8. The van der Waals surface area contributed by atoms with Crippen molar-refractivity contribution in [2.24, 2.45) is 23.2 Å². The summed E-state index contributed by atoms with van der Waals surface area (Å²) in [6.07, 6.45) is 7.08. The topological polar surface area (TPSA) is 102 Å². The van der Waals surface area contributed by atoms with E-state index in [0.29, 0.717) is 30.7 Å². The molecule has 1 heterocycles. The van der Waals surface area contributed by atoms with Crippen molar-refractivity contribution in [3.05, 3.63) is 0 Å². The molecule has 3 amide bonds. The molecule has 8 heteroatoms. The van der Waals surface area contributed by atoms with E-state index in [-0.39, 0.29) is 17.9 Å². The average molecular weight is 406 g/mol. The molecule has 0 aromatic carbocycles. The van der Waals surface area contributed by atoms with Crippen molar-refractivity contribution in [3.8, 4) is 0 Å². The molecule has 1 N–H and O–H groups in total. The highest BCUT2D eigenvalue weighted by molar-refractivity contribution is 5.94. The Bertz CT molecular complexity index is 670. The summed E-state index contributed by atoms with van der Waals surface area (Å²) in [6, 6.07) is -0.633. The fourth-order valence-corrected chi connectivity index (χ4v) is 6.48.